The van der Waals surface area contributed by atoms with Gasteiger partial charge in [-0.1, -0.05) is 6.08 Å². The monoisotopic (exact) mass is 236 g/mol. The minimum Gasteiger partial charge on any atom is -0.395 e. The summed E-state index contributed by atoms with van der Waals surface area (Å²) in [6.45, 7) is 4.38. The van der Waals surface area contributed by atoms with Crippen LogP contribution in [0.4, 0.5) is 0 Å². The summed E-state index contributed by atoms with van der Waals surface area (Å²) in [4.78, 5) is 0. The Balaban J connectivity index is 4.28. The molecule has 0 unspecified atom stereocenters. The van der Waals surface area contributed by atoms with Crippen molar-refractivity contribution in [3.05, 3.63) is 12.7 Å². The highest BCUT2D eigenvalue weighted by molar-refractivity contribution is 7.89. The van der Waals surface area contributed by atoms with Gasteiger partial charge in [-0.25, -0.2) is 8.42 Å². The van der Waals surface area contributed by atoms with Crippen molar-refractivity contribution in [1.29, 1.82) is 0 Å². The molecule has 0 heterocycles. The Hall–Kier alpha value is -0.430. The van der Waals surface area contributed by atoms with Crippen molar-refractivity contribution in [2.24, 2.45) is 0 Å². The molecule has 0 atom stereocenters. The zero-order valence-electron chi connectivity index (χ0n) is 9.15. The molecule has 0 saturated carbocycles. The van der Waals surface area contributed by atoms with Crippen LogP contribution < -0.4 is 5.32 Å². The molecule has 0 rings (SSSR count). The first kappa shape index (κ1) is 14.6. The fourth-order valence-electron chi connectivity index (χ4n) is 1.16. The van der Waals surface area contributed by atoms with Crippen LogP contribution >= 0.6 is 0 Å². The minimum atomic E-state index is -3.26. The lowest BCUT2D eigenvalue weighted by atomic mass is 10.5. The molecule has 5 nitrogen and oxygen atoms in total. The summed E-state index contributed by atoms with van der Waals surface area (Å²) in [5.74, 6) is 0.0989. The van der Waals surface area contributed by atoms with Crippen LogP contribution in [0.15, 0.2) is 12.7 Å². The molecule has 2 N–H and O–H groups in total. The van der Waals surface area contributed by atoms with Crippen LogP contribution in [0.2, 0.25) is 0 Å². The van der Waals surface area contributed by atoms with Gasteiger partial charge >= 0.3 is 0 Å². The van der Waals surface area contributed by atoms with Gasteiger partial charge in [0.1, 0.15) is 0 Å². The third-order valence-electron chi connectivity index (χ3n) is 1.90. The molecular formula is C9H20N2O3S. The molecule has 0 fully saturated rings. The number of rotatable bonds is 9. The van der Waals surface area contributed by atoms with Crippen LogP contribution in [0.3, 0.4) is 0 Å². The average Bonchev–Trinajstić information content (AvgIpc) is 2.18. The van der Waals surface area contributed by atoms with E-state index in [1.807, 2.05) is 0 Å². The first-order chi connectivity index (χ1) is 7.08. The first-order valence-corrected chi connectivity index (χ1v) is 6.53. The van der Waals surface area contributed by atoms with E-state index in [-0.39, 0.29) is 25.4 Å². The smallest absolute Gasteiger partial charge is 0.214 e. The summed E-state index contributed by atoms with van der Waals surface area (Å²) in [5.41, 5.74) is 0. The molecule has 0 aromatic carbocycles. The van der Waals surface area contributed by atoms with Crippen LogP contribution in [-0.4, -0.2) is 56.9 Å². The number of nitrogens with one attached hydrogen (secondary N) is 1. The standard InChI is InChI=1S/C9H20N2O3S/c1-3-6-11(7-8-12)15(13,14)9-4-5-10-2/h3,10,12H,1,4-9H2,2H3. The Morgan fingerprint density at radius 3 is 2.67 bits per heavy atom. The fourth-order valence-corrected chi connectivity index (χ4v) is 2.62. The van der Waals surface area contributed by atoms with E-state index in [9.17, 15) is 8.42 Å². The van der Waals surface area contributed by atoms with Gasteiger partial charge in [0.2, 0.25) is 10.0 Å². The topological polar surface area (TPSA) is 69.6 Å². The van der Waals surface area contributed by atoms with Gasteiger partial charge in [0.25, 0.3) is 0 Å². The maximum atomic E-state index is 11.7. The van der Waals surface area contributed by atoms with E-state index in [0.29, 0.717) is 13.0 Å². The number of aliphatic hydroxyl groups excluding tert-OH is 1. The van der Waals surface area contributed by atoms with Crippen molar-refractivity contribution in [3.63, 3.8) is 0 Å². The van der Waals surface area contributed by atoms with E-state index in [2.05, 4.69) is 11.9 Å². The summed E-state index contributed by atoms with van der Waals surface area (Å²) >= 11 is 0. The van der Waals surface area contributed by atoms with Gasteiger partial charge in [0, 0.05) is 13.1 Å². The zero-order chi connectivity index (χ0) is 11.7. The molecular weight excluding hydrogens is 216 g/mol. The highest BCUT2D eigenvalue weighted by Crippen LogP contribution is 2.02. The molecule has 0 bridgehead atoms. The summed E-state index contributed by atoms with van der Waals surface area (Å²) in [6, 6.07) is 0. The number of hydrogen-bond donors (Lipinski definition) is 2. The normalized spacial score (nSPS) is 11.9. The van der Waals surface area contributed by atoms with Gasteiger partial charge in [-0.15, -0.1) is 6.58 Å². The Morgan fingerprint density at radius 1 is 1.53 bits per heavy atom. The highest BCUT2D eigenvalue weighted by Gasteiger charge is 2.19. The van der Waals surface area contributed by atoms with Crippen molar-refractivity contribution in [2.75, 3.05) is 39.0 Å². The molecule has 0 aromatic rings. The van der Waals surface area contributed by atoms with Gasteiger partial charge in [-0.2, -0.15) is 4.31 Å². The molecule has 0 aliphatic heterocycles. The van der Waals surface area contributed by atoms with E-state index in [1.54, 1.807) is 7.05 Å². The lowest BCUT2D eigenvalue weighted by Gasteiger charge is -2.19. The Bertz CT molecular complexity index is 265. The number of hydrogen-bond acceptors (Lipinski definition) is 4. The molecule has 0 saturated heterocycles. The lowest BCUT2D eigenvalue weighted by Crippen LogP contribution is -2.36. The molecule has 0 spiro atoms. The minimum absolute atomic E-state index is 0.0989. The van der Waals surface area contributed by atoms with Crippen molar-refractivity contribution in [3.8, 4) is 0 Å². The second kappa shape index (κ2) is 7.81. The van der Waals surface area contributed by atoms with E-state index in [4.69, 9.17) is 5.11 Å². The second-order valence-corrected chi connectivity index (χ2v) is 5.23. The second-order valence-electron chi connectivity index (χ2n) is 3.14. The molecule has 0 amide bonds. The van der Waals surface area contributed by atoms with Gasteiger partial charge in [-0.05, 0) is 20.0 Å². The van der Waals surface area contributed by atoms with Crippen LogP contribution in [0.25, 0.3) is 0 Å². The molecule has 6 heteroatoms. The third kappa shape index (κ3) is 5.88. The molecule has 0 aromatic heterocycles. The van der Waals surface area contributed by atoms with Crippen LogP contribution in [0.5, 0.6) is 0 Å². The van der Waals surface area contributed by atoms with E-state index < -0.39 is 10.0 Å². The van der Waals surface area contributed by atoms with Crippen LogP contribution in [0, 0.1) is 0 Å². The van der Waals surface area contributed by atoms with Crippen molar-refractivity contribution < 1.29 is 13.5 Å². The number of sulfonamides is 1. The summed E-state index contributed by atoms with van der Waals surface area (Å²) in [5, 5.41) is 11.6. The molecule has 0 aliphatic carbocycles. The van der Waals surface area contributed by atoms with E-state index in [0.717, 1.165) is 0 Å². The predicted molar refractivity (Wildman–Crippen MR) is 61.2 cm³/mol. The Labute approximate surface area is 91.8 Å². The van der Waals surface area contributed by atoms with Gasteiger partial charge < -0.3 is 10.4 Å². The Kier molecular flexibility index (Phi) is 7.59. The van der Waals surface area contributed by atoms with Crippen LogP contribution in [-0.2, 0) is 10.0 Å². The Morgan fingerprint density at radius 2 is 2.20 bits per heavy atom. The average molecular weight is 236 g/mol. The summed E-state index contributed by atoms with van der Waals surface area (Å²) in [6.07, 6.45) is 2.09. The maximum Gasteiger partial charge on any atom is 0.214 e. The van der Waals surface area contributed by atoms with Gasteiger partial charge in [-0.3, -0.25) is 0 Å². The highest BCUT2D eigenvalue weighted by atomic mass is 32.2. The number of aliphatic hydroxyl groups is 1. The quantitative estimate of drug-likeness (QED) is 0.414. The fraction of sp³-hybridized carbons (Fsp3) is 0.778. The van der Waals surface area contributed by atoms with Crippen molar-refractivity contribution >= 4 is 10.0 Å². The van der Waals surface area contributed by atoms with E-state index >= 15 is 0 Å². The first-order valence-electron chi connectivity index (χ1n) is 4.92. The zero-order valence-corrected chi connectivity index (χ0v) is 9.96. The van der Waals surface area contributed by atoms with Crippen LogP contribution in [0.1, 0.15) is 6.42 Å². The van der Waals surface area contributed by atoms with Crippen molar-refractivity contribution in [1.82, 2.24) is 9.62 Å². The molecule has 0 aliphatic rings. The summed E-state index contributed by atoms with van der Waals surface area (Å²) < 4.78 is 24.7. The molecule has 90 valence electrons. The summed E-state index contributed by atoms with van der Waals surface area (Å²) in [7, 11) is -1.48. The van der Waals surface area contributed by atoms with Gasteiger partial charge in [0.15, 0.2) is 0 Å². The van der Waals surface area contributed by atoms with E-state index in [1.165, 1.54) is 10.4 Å². The van der Waals surface area contributed by atoms with Crippen molar-refractivity contribution in [2.45, 2.75) is 6.42 Å². The van der Waals surface area contributed by atoms with Gasteiger partial charge in [0.05, 0.1) is 12.4 Å². The third-order valence-corrected chi connectivity index (χ3v) is 3.83. The number of nitrogens with zero attached hydrogens (tertiary/aromatic N) is 1. The lowest BCUT2D eigenvalue weighted by molar-refractivity contribution is 0.260. The molecule has 15 heavy (non-hydrogen) atoms. The largest absolute Gasteiger partial charge is 0.395 e. The maximum absolute atomic E-state index is 11.7. The SMILES string of the molecule is C=CCN(CCO)S(=O)(=O)CCCNC. The predicted octanol–water partition coefficient (Wildman–Crippen LogP) is -0.594. The molecule has 0 radical (unpaired) electrons.